The second-order valence-corrected chi connectivity index (χ2v) is 3.50. The molecule has 13 heavy (non-hydrogen) atoms. The lowest BCUT2D eigenvalue weighted by Crippen LogP contribution is -2.10. The van der Waals surface area contributed by atoms with E-state index in [9.17, 15) is 0 Å². The fourth-order valence-corrected chi connectivity index (χ4v) is 1.83. The number of nitrogens with zero attached hydrogens (tertiary/aromatic N) is 1. The predicted molar refractivity (Wildman–Crippen MR) is 52.9 cm³/mol. The lowest BCUT2D eigenvalue weighted by molar-refractivity contribution is 1.10. The predicted octanol–water partition coefficient (Wildman–Crippen LogP) is 1.42. The maximum absolute atomic E-state index is 7.32. The van der Waals surface area contributed by atoms with Gasteiger partial charge < -0.3 is 5.73 Å². The molecule has 0 aromatic carbocycles. The molecule has 0 saturated carbocycles. The van der Waals surface area contributed by atoms with E-state index in [-0.39, 0.29) is 5.84 Å². The lowest BCUT2D eigenvalue weighted by atomic mass is 10.2. The molecule has 0 atom stereocenters. The maximum atomic E-state index is 7.32. The van der Waals surface area contributed by atoms with Crippen LogP contribution in [0.5, 0.6) is 0 Å². The van der Waals surface area contributed by atoms with Gasteiger partial charge in [-0.05, 0) is 11.4 Å². The van der Waals surface area contributed by atoms with Crippen LogP contribution < -0.4 is 5.73 Å². The third-order valence-corrected chi connectivity index (χ3v) is 2.58. The number of nitrogens with two attached hydrogens (primary N) is 1. The van der Waals surface area contributed by atoms with Gasteiger partial charge in [-0.2, -0.15) is 5.10 Å². The van der Waals surface area contributed by atoms with Crippen molar-refractivity contribution in [2.45, 2.75) is 0 Å². The zero-order valence-electron chi connectivity index (χ0n) is 6.74. The standard InChI is InChI=1S/C8H8N4S/c9-8(10)5-4-11-12-7(5)6-2-1-3-13-6/h1-4H,(H3,9,10)(H,11,12). The minimum atomic E-state index is 0.0390. The number of rotatable bonds is 2. The zero-order valence-corrected chi connectivity index (χ0v) is 7.56. The molecule has 0 aliphatic heterocycles. The molecule has 2 rings (SSSR count). The molecule has 0 saturated heterocycles. The summed E-state index contributed by atoms with van der Waals surface area (Å²) in [5.41, 5.74) is 6.87. The van der Waals surface area contributed by atoms with Crippen LogP contribution in [0.15, 0.2) is 23.7 Å². The SMILES string of the molecule is N=C(N)c1cn[nH]c1-c1cccs1. The van der Waals surface area contributed by atoms with Gasteiger partial charge in [-0.25, -0.2) is 0 Å². The Morgan fingerprint density at radius 2 is 2.46 bits per heavy atom. The average Bonchev–Trinajstić information content (AvgIpc) is 2.74. The molecule has 4 N–H and O–H groups in total. The highest BCUT2D eigenvalue weighted by Crippen LogP contribution is 2.25. The van der Waals surface area contributed by atoms with Crippen LogP contribution in [0.25, 0.3) is 10.6 Å². The van der Waals surface area contributed by atoms with Gasteiger partial charge in [-0.3, -0.25) is 10.5 Å². The molecule has 4 nitrogen and oxygen atoms in total. The van der Waals surface area contributed by atoms with Crippen molar-refractivity contribution in [3.8, 4) is 10.6 Å². The number of nitrogens with one attached hydrogen (secondary N) is 2. The number of H-pyrrole nitrogens is 1. The van der Waals surface area contributed by atoms with E-state index in [4.69, 9.17) is 11.1 Å². The van der Waals surface area contributed by atoms with Gasteiger partial charge in [0.05, 0.1) is 22.3 Å². The first-order chi connectivity index (χ1) is 6.29. The molecule has 0 aliphatic carbocycles. The highest BCUT2D eigenvalue weighted by Gasteiger charge is 2.09. The molecular formula is C8H8N4S. The first-order valence-electron chi connectivity index (χ1n) is 3.70. The van der Waals surface area contributed by atoms with E-state index >= 15 is 0 Å². The smallest absolute Gasteiger partial charge is 0.126 e. The first kappa shape index (κ1) is 8.00. The number of amidine groups is 1. The summed E-state index contributed by atoms with van der Waals surface area (Å²) < 4.78 is 0. The van der Waals surface area contributed by atoms with Crippen LogP contribution in [0, 0.1) is 5.41 Å². The van der Waals surface area contributed by atoms with Crippen LogP contribution in [0.3, 0.4) is 0 Å². The first-order valence-corrected chi connectivity index (χ1v) is 4.58. The quantitative estimate of drug-likeness (QED) is 0.497. The summed E-state index contributed by atoms with van der Waals surface area (Å²) in [5, 5.41) is 16.0. The maximum Gasteiger partial charge on any atom is 0.126 e. The van der Waals surface area contributed by atoms with Gasteiger partial charge in [0, 0.05) is 0 Å². The minimum absolute atomic E-state index is 0.0390. The number of aromatic amines is 1. The number of hydrogen-bond donors (Lipinski definition) is 3. The van der Waals surface area contributed by atoms with Crippen molar-refractivity contribution >= 4 is 17.2 Å². The van der Waals surface area contributed by atoms with Crippen molar-refractivity contribution in [2.75, 3.05) is 0 Å². The second-order valence-electron chi connectivity index (χ2n) is 2.55. The molecule has 0 amide bonds. The van der Waals surface area contributed by atoms with Crippen LogP contribution in [0.2, 0.25) is 0 Å². The number of hydrogen-bond acceptors (Lipinski definition) is 3. The Kier molecular flexibility index (Phi) is 1.86. The van der Waals surface area contributed by atoms with E-state index < -0.39 is 0 Å². The third-order valence-electron chi connectivity index (χ3n) is 1.70. The molecule has 2 aromatic heterocycles. The third kappa shape index (κ3) is 1.33. The van der Waals surface area contributed by atoms with E-state index in [1.54, 1.807) is 17.5 Å². The summed E-state index contributed by atoms with van der Waals surface area (Å²) in [6, 6.07) is 3.91. The van der Waals surface area contributed by atoms with E-state index in [1.807, 2.05) is 17.5 Å². The number of nitrogen functional groups attached to an aromatic ring is 1. The Morgan fingerprint density at radius 1 is 1.62 bits per heavy atom. The molecule has 0 radical (unpaired) electrons. The zero-order chi connectivity index (χ0) is 9.26. The molecule has 66 valence electrons. The van der Waals surface area contributed by atoms with Gasteiger partial charge in [0.2, 0.25) is 0 Å². The Hall–Kier alpha value is -1.62. The molecular weight excluding hydrogens is 184 g/mol. The van der Waals surface area contributed by atoms with Crippen molar-refractivity contribution < 1.29 is 0 Å². The fraction of sp³-hybridized carbons (Fsp3) is 0. The summed E-state index contributed by atoms with van der Waals surface area (Å²) in [7, 11) is 0. The monoisotopic (exact) mass is 192 g/mol. The topological polar surface area (TPSA) is 78.6 Å². The van der Waals surface area contributed by atoms with Gasteiger partial charge in [0.25, 0.3) is 0 Å². The number of thiophene rings is 1. The van der Waals surface area contributed by atoms with Crippen LogP contribution in [0.1, 0.15) is 5.56 Å². The fourth-order valence-electron chi connectivity index (χ4n) is 1.10. The Morgan fingerprint density at radius 3 is 3.08 bits per heavy atom. The molecule has 2 aromatic rings. The van der Waals surface area contributed by atoms with E-state index in [2.05, 4.69) is 10.2 Å². The summed E-state index contributed by atoms with van der Waals surface area (Å²) in [6.45, 7) is 0. The summed E-state index contributed by atoms with van der Waals surface area (Å²) >= 11 is 1.59. The van der Waals surface area contributed by atoms with E-state index in [0.717, 1.165) is 10.6 Å². The van der Waals surface area contributed by atoms with Gasteiger partial charge in [0.1, 0.15) is 5.84 Å². The minimum Gasteiger partial charge on any atom is -0.384 e. The Balaban J connectivity index is 2.52. The van der Waals surface area contributed by atoms with Crippen LogP contribution in [-0.2, 0) is 0 Å². The van der Waals surface area contributed by atoms with Gasteiger partial charge in [-0.1, -0.05) is 6.07 Å². The number of aromatic nitrogens is 2. The second kappa shape index (κ2) is 3.02. The highest BCUT2D eigenvalue weighted by atomic mass is 32.1. The van der Waals surface area contributed by atoms with Crippen molar-refractivity contribution in [3.05, 3.63) is 29.3 Å². The largest absolute Gasteiger partial charge is 0.384 e. The highest BCUT2D eigenvalue weighted by molar-refractivity contribution is 7.13. The van der Waals surface area contributed by atoms with Gasteiger partial charge in [0.15, 0.2) is 0 Å². The molecule has 2 heterocycles. The molecule has 0 aliphatic rings. The van der Waals surface area contributed by atoms with Gasteiger partial charge in [-0.15, -0.1) is 11.3 Å². The van der Waals surface area contributed by atoms with Crippen LogP contribution >= 0.6 is 11.3 Å². The summed E-state index contributed by atoms with van der Waals surface area (Å²) in [4.78, 5) is 1.04. The summed E-state index contributed by atoms with van der Waals surface area (Å²) in [5.74, 6) is 0.0390. The Labute approximate surface area is 78.9 Å². The molecule has 5 heteroatoms. The van der Waals surface area contributed by atoms with Crippen LogP contribution in [0.4, 0.5) is 0 Å². The molecule has 0 bridgehead atoms. The molecule has 0 spiro atoms. The lowest BCUT2D eigenvalue weighted by Gasteiger charge is -1.96. The Bertz CT molecular complexity index is 415. The van der Waals surface area contributed by atoms with Crippen molar-refractivity contribution in [1.82, 2.24) is 10.2 Å². The molecule has 0 fully saturated rings. The summed E-state index contributed by atoms with van der Waals surface area (Å²) in [6.07, 6.45) is 1.57. The van der Waals surface area contributed by atoms with Gasteiger partial charge >= 0.3 is 0 Å². The normalized spacial score (nSPS) is 10.2. The van der Waals surface area contributed by atoms with E-state index in [0.29, 0.717) is 5.56 Å². The van der Waals surface area contributed by atoms with Crippen molar-refractivity contribution in [3.63, 3.8) is 0 Å². The van der Waals surface area contributed by atoms with E-state index in [1.165, 1.54) is 0 Å². The average molecular weight is 192 g/mol. The van der Waals surface area contributed by atoms with Crippen molar-refractivity contribution in [2.24, 2.45) is 5.73 Å². The van der Waals surface area contributed by atoms with Crippen molar-refractivity contribution in [1.29, 1.82) is 5.41 Å². The van der Waals surface area contributed by atoms with Crippen LogP contribution in [-0.4, -0.2) is 16.0 Å². The molecule has 0 unspecified atom stereocenters.